The van der Waals surface area contributed by atoms with Gasteiger partial charge in [0.2, 0.25) is 0 Å². The van der Waals surface area contributed by atoms with Crippen LogP contribution < -0.4 is 19.1 Å². The minimum absolute atomic E-state index is 0.227. The van der Waals surface area contributed by atoms with Crippen LogP contribution in [0.25, 0.3) is 10.8 Å². The van der Waals surface area contributed by atoms with Crippen molar-refractivity contribution in [2.75, 3.05) is 36.9 Å². The first-order valence-corrected chi connectivity index (χ1v) is 11.0. The van der Waals surface area contributed by atoms with Gasteiger partial charge in [-0.05, 0) is 38.1 Å². The predicted molar refractivity (Wildman–Crippen MR) is 118 cm³/mol. The molecule has 0 amide bonds. The Hall–Kier alpha value is -2.93. The maximum Gasteiger partial charge on any atom is 0.262 e. The number of sulfonamides is 1. The van der Waals surface area contributed by atoms with Crippen LogP contribution in [0.2, 0.25) is 0 Å². The van der Waals surface area contributed by atoms with E-state index >= 15 is 0 Å². The highest BCUT2D eigenvalue weighted by Gasteiger charge is 2.19. The fraction of sp³-hybridized carbons (Fsp3) is 0.273. The summed E-state index contributed by atoms with van der Waals surface area (Å²) in [6.45, 7) is 4.70. The van der Waals surface area contributed by atoms with Crippen molar-refractivity contribution < 1.29 is 17.9 Å². The molecular formula is C22H26N2O4S. The van der Waals surface area contributed by atoms with Crippen molar-refractivity contribution >= 4 is 32.2 Å². The van der Waals surface area contributed by atoms with E-state index in [0.717, 1.165) is 11.1 Å². The van der Waals surface area contributed by atoms with Crippen LogP contribution in [-0.4, -0.2) is 35.7 Å². The van der Waals surface area contributed by atoms with Gasteiger partial charge >= 0.3 is 0 Å². The van der Waals surface area contributed by atoms with E-state index in [1.807, 2.05) is 57.1 Å². The van der Waals surface area contributed by atoms with Crippen LogP contribution in [0.15, 0.2) is 59.5 Å². The number of benzene rings is 3. The molecule has 3 aromatic carbocycles. The lowest BCUT2D eigenvalue weighted by atomic mass is 10.1. The second-order valence-corrected chi connectivity index (χ2v) is 8.31. The van der Waals surface area contributed by atoms with E-state index in [2.05, 4.69) is 4.72 Å². The Morgan fingerprint density at radius 1 is 0.862 bits per heavy atom. The quantitative estimate of drug-likeness (QED) is 0.588. The molecule has 154 valence electrons. The van der Waals surface area contributed by atoms with Gasteiger partial charge in [0, 0.05) is 36.6 Å². The molecule has 3 rings (SSSR count). The maximum absolute atomic E-state index is 13.2. The van der Waals surface area contributed by atoms with E-state index in [1.54, 1.807) is 30.3 Å². The van der Waals surface area contributed by atoms with Gasteiger partial charge in [-0.15, -0.1) is 0 Å². The fourth-order valence-electron chi connectivity index (χ4n) is 3.21. The minimum atomic E-state index is -3.80. The molecule has 0 saturated heterocycles. The number of rotatable bonds is 8. The number of hydrogen-bond donors (Lipinski definition) is 1. The number of ether oxygens (including phenoxy) is 2. The van der Waals surface area contributed by atoms with Gasteiger partial charge in [-0.3, -0.25) is 4.72 Å². The molecule has 0 atom stereocenters. The van der Waals surface area contributed by atoms with Gasteiger partial charge in [-0.1, -0.05) is 24.3 Å². The van der Waals surface area contributed by atoms with Gasteiger partial charge in [0.1, 0.15) is 0 Å². The summed E-state index contributed by atoms with van der Waals surface area (Å²) in [6.07, 6.45) is 0. The third-order valence-electron chi connectivity index (χ3n) is 4.43. The third kappa shape index (κ3) is 4.40. The number of nitrogens with zero attached hydrogens (tertiary/aromatic N) is 1. The van der Waals surface area contributed by atoms with Crippen LogP contribution >= 0.6 is 0 Å². The summed E-state index contributed by atoms with van der Waals surface area (Å²) in [4.78, 5) is 2.19. The van der Waals surface area contributed by atoms with Crippen LogP contribution in [-0.2, 0) is 10.0 Å². The predicted octanol–water partition coefficient (Wildman–Crippen LogP) is 4.50. The Balaban J connectivity index is 2.02. The largest absolute Gasteiger partial charge is 0.490 e. The lowest BCUT2D eigenvalue weighted by Crippen LogP contribution is -2.14. The number of fused-ring (bicyclic) bond motifs is 1. The molecule has 0 aliphatic carbocycles. The van der Waals surface area contributed by atoms with Gasteiger partial charge in [0.05, 0.1) is 23.8 Å². The Bertz CT molecular complexity index is 1110. The van der Waals surface area contributed by atoms with Crippen LogP contribution in [0.5, 0.6) is 11.5 Å². The second kappa shape index (κ2) is 8.61. The molecule has 0 bridgehead atoms. The molecule has 29 heavy (non-hydrogen) atoms. The highest BCUT2D eigenvalue weighted by atomic mass is 32.2. The smallest absolute Gasteiger partial charge is 0.262 e. The molecule has 3 aromatic rings. The number of anilines is 2. The number of hydrogen-bond acceptors (Lipinski definition) is 5. The van der Waals surface area contributed by atoms with E-state index < -0.39 is 10.0 Å². The summed E-state index contributed by atoms with van der Waals surface area (Å²) in [6, 6.07) is 16.0. The first kappa shape index (κ1) is 20.8. The van der Waals surface area contributed by atoms with Crippen molar-refractivity contribution in [3.8, 4) is 11.5 Å². The van der Waals surface area contributed by atoms with Gasteiger partial charge < -0.3 is 14.4 Å². The van der Waals surface area contributed by atoms with E-state index in [0.29, 0.717) is 35.8 Å². The van der Waals surface area contributed by atoms with Crippen molar-refractivity contribution in [2.24, 2.45) is 0 Å². The van der Waals surface area contributed by atoms with Crippen LogP contribution in [0, 0.1) is 0 Å². The molecule has 0 aliphatic rings. The first-order chi connectivity index (χ1) is 13.9. The highest BCUT2D eigenvalue weighted by Crippen LogP contribution is 2.34. The Morgan fingerprint density at radius 3 is 2.21 bits per heavy atom. The minimum Gasteiger partial charge on any atom is -0.490 e. The Labute approximate surface area is 172 Å². The number of nitrogens with one attached hydrogen (secondary N) is 1. The SMILES string of the molecule is CCOc1ccc(NS(=O)(=O)c2cccc3c(N(C)C)cccc23)cc1OCC. The summed E-state index contributed by atoms with van der Waals surface area (Å²) in [5.74, 6) is 1.08. The zero-order valence-corrected chi connectivity index (χ0v) is 17.9. The van der Waals surface area contributed by atoms with E-state index in [1.165, 1.54) is 0 Å². The molecule has 0 aliphatic heterocycles. The lowest BCUT2D eigenvalue weighted by molar-refractivity contribution is 0.288. The Morgan fingerprint density at radius 2 is 1.52 bits per heavy atom. The first-order valence-electron chi connectivity index (χ1n) is 9.49. The average molecular weight is 415 g/mol. The Kier molecular flexibility index (Phi) is 6.17. The fourth-order valence-corrected chi connectivity index (χ4v) is 4.49. The van der Waals surface area contributed by atoms with Crippen molar-refractivity contribution in [2.45, 2.75) is 18.7 Å². The van der Waals surface area contributed by atoms with Gasteiger partial charge in [0.15, 0.2) is 11.5 Å². The lowest BCUT2D eigenvalue weighted by Gasteiger charge is -2.17. The zero-order chi connectivity index (χ0) is 21.0. The molecule has 0 radical (unpaired) electrons. The molecule has 0 aromatic heterocycles. The molecule has 0 unspecified atom stereocenters. The molecule has 0 heterocycles. The second-order valence-electron chi connectivity index (χ2n) is 6.66. The average Bonchev–Trinajstić information content (AvgIpc) is 2.69. The normalized spacial score (nSPS) is 11.3. The molecular weight excluding hydrogens is 388 g/mol. The summed E-state index contributed by atoms with van der Waals surface area (Å²) in [5, 5.41) is 1.55. The topological polar surface area (TPSA) is 67.9 Å². The molecule has 6 nitrogen and oxygen atoms in total. The van der Waals surface area contributed by atoms with Gasteiger partial charge in [-0.25, -0.2) is 8.42 Å². The van der Waals surface area contributed by atoms with Crippen LogP contribution in [0.3, 0.4) is 0 Å². The van der Waals surface area contributed by atoms with Crippen LogP contribution in [0.4, 0.5) is 11.4 Å². The van der Waals surface area contributed by atoms with Crippen molar-refractivity contribution in [3.05, 3.63) is 54.6 Å². The van der Waals surface area contributed by atoms with E-state index in [-0.39, 0.29) is 4.90 Å². The van der Waals surface area contributed by atoms with Crippen molar-refractivity contribution in [3.63, 3.8) is 0 Å². The van der Waals surface area contributed by atoms with E-state index in [9.17, 15) is 8.42 Å². The third-order valence-corrected chi connectivity index (χ3v) is 5.87. The molecule has 0 fully saturated rings. The van der Waals surface area contributed by atoms with Gasteiger partial charge in [0.25, 0.3) is 10.0 Å². The van der Waals surface area contributed by atoms with Crippen molar-refractivity contribution in [1.82, 2.24) is 0 Å². The summed E-state index contributed by atoms with van der Waals surface area (Å²) in [7, 11) is 0.0637. The molecule has 0 saturated carbocycles. The summed E-state index contributed by atoms with van der Waals surface area (Å²) >= 11 is 0. The highest BCUT2D eigenvalue weighted by molar-refractivity contribution is 7.93. The molecule has 7 heteroatoms. The standard InChI is InChI=1S/C22H26N2O4S/c1-5-27-20-14-13-16(15-21(20)28-6-2)23-29(25,26)22-12-8-9-17-18(22)10-7-11-19(17)24(3)4/h7-15,23H,5-6H2,1-4H3. The van der Waals surface area contributed by atoms with Gasteiger partial charge in [-0.2, -0.15) is 0 Å². The van der Waals surface area contributed by atoms with E-state index in [4.69, 9.17) is 9.47 Å². The monoisotopic (exact) mass is 414 g/mol. The van der Waals surface area contributed by atoms with Crippen LogP contribution in [0.1, 0.15) is 13.8 Å². The molecule has 0 spiro atoms. The maximum atomic E-state index is 13.2. The molecule has 1 N–H and O–H groups in total. The van der Waals surface area contributed by atoms with Crippen molar-refractivity contribution in [1.29, 1.82) is 0 Å². The zero-order valence-electron chi connectivity index (χ0n) is 17.1. The summed E-state index contributed by atoms with van der Waals surface area (Å²) in [5.41, 5.74) is 1.37. The summed E-state index contributed by atoms with van der Waals surface area (Å²) < 4.78 is 40.2.